The van der Waals surface area contributed by atoms with E-state index in [9.17, 15) is 0 Å². The van der Waals surface area contributed by atoms with Gasteiger partial charge in [-0.2, -0.15) is 0 Å². The van der Waals surface area contributed by atoms with Crippen LogP contribution in [0.1, 0.15) is 41.8 Å². The Labute approximate surface area is 113 Å². The van der Waals surface area contributed by atoms with Gasteiger partial charge in [-0.25, -0.2) is 4.98 Å². The number of aryl methyl sites for hydroxylation is 1. The fourth-order valence-corrected chi connectivity index (χ4v) is 2.95. The molecule has 0 aliphatic heterocycles. The van der Waals surface area contributed by atoms with E-state index in [2.05, 4.69) is 47.8 Å². The van der Waals surface area contributed by atoms with Crippen molar-refractivity contribution in [3.8, 4) is 0 Å². The standard InChI is InChI=1S/C14H21N3S/c1-4-7-15-8-13-9-16-10-17(13)12(3)14-6-5-11(2)18-14/h5-6,9-10,12,15H,4,7-8H2,1-3H3. The maximum Gasteiger partial charge on any atom is 0.0954 e. The van der Waals surface area contributed by atoms with Gasteiger partial charge < -0.3 is 9.88 Å². The predicted molar refractivity (Wildman–Crippen MR) is 77.1 cm³/mol. The highest BCUT2D eigenvalue weighted by Gasteiger charge is 2.12. The van der Waals surface area contributed by atoms with Crippen LogP contribution in [0.15, 0.2) is 24.7 Å². The van der Waals surface area contributed by atoms with Crippen molar-refractivity contribution in [2.45, 2.75) is 39.8 Å². The molecule has 2 heterocycles. The molecule has 3 nitrogen and oxygen atoms in total. The van der Waals surface area contributed by atoms with Gasteiger partial charge in [0.15, 0.2) is 0 Å². The van der Waals surface area contributed by atoms with Crippen molar-refractivity contribution in [1.82, 2.24) is 14.9 Å². The Morgan fingerprint density at radius 1 is 1.44 bits per heavy atom. The molecule has 2 aromatic rings. The second kappa shape index (κ2) is 6.16. The van der Waals surface area contributed by atoms with Crippen molar-refractivity contribution >= 4 is 11.3 Å². The smallest absolute Gasteiger partial charge is 0.0954 e. The molecule has 2 rings (SSSR count). The minimum Gasteiger partial charge on any atom is -0.325 e. The number of nitrogens with zero attached hydrogens (tertiary/aromatic N) is 2. The molecule has 0 saturated heterocycles. The van der Waals surface area contributed by atoms with Crippen LogP contribution in [0.5, 0.6) is 0 Å². The second-order valence-corrected chi connectivity index (χ2v) is 5.91. The molecule has 0 bridgehead atoms. The van der Waals surface area contributed by atoms with Crippen LogP contribution in [0.4, 0.5) is 0 Å². The summed E-state index contributed by atoms with van der Waals surface area (Å²) < 4.78 is 2.26. The fourth-order valence-electron chi connectivity index (χ4n) is 2.03. The first kappa shape index (κ1) is 13.3. The van der Waals surface area contributed by atoms with E-state index >= 15 is 0 Å². The highest BCUT2D eigenvalue weighted by molar-refractivity contribution is 7.12. The quantitative estimate of drug-likeness (QED) is 0.810. The van der Waals surface area contributed by atoms with Gasteiger partial charge in [0, 0.05) is 22.5 Å². The van der Waals surface area contributed by atoms with E-state index in [1.807, 2.05) is 23.9 Å². The van der Waals surface area contributed by atoms with Gasteiger partial charge in [-0.1, -0.05) is 6.92 Å². The normalized spacial score (nSPS) is 12.8. The molecule has 1 atom stereocenters. The van der Waals surface area contributed by atoms with E-state index in [-0.39, 0.29) is 0 Å². The van der Waals surface area contributed by atoms with Crippen molar-refractivity contribution in [3.63, 3.8) is 0 Å². The van der Waals surface area contributed by atoms with Crippen molar-refractivity contribution in [2.24, 2.45) is 0 Å². The lowest BCUT2D eigenvalue weighted by atomic mass is 10.2. The summed E-state index contributed by atoms with van der Waals surface area (Å²) >= 11 is 1.86. The fraction of sp³-hybridized carbons (Fsp3) is 0.500. The lowest BCUT2D eigenvalue weighted by Gasteiger charge is -2.15. The number of rotatable bonds is 6. The molecule has 2 aromatic heterocycles. The zero-order valence-electron chi connectivity index (χ0n) is 11.3. The molecule has 0 saturated carbocycles. The SMILES string of the molecule is CCCNCc1cncn1C(C)c1ccc(C)s1. The Morgan fingerprint density at radius 3 is 2.94 bits per heavy atom. The van der Waals surface area contributed by atoms with Gasteiger partial charge in [0.05, 0.1) is 18.1 Å². The number of imidazole rings is 1. The van der Waals surface area contributed by atoms with E-state index in [0.717, 1.165) is 19.5 Å². The zero-order valence-corrected chi connectivity index (χ0v) is 12.1. The Hall–Kier alpha value is -1.13. The number of aromatic nitrogens is 2. The highest BCUT2D eigenvalue weighted by atomic mass is 32.1. The van der Waals surface area contributed by atoms with Crippen LogP contribution in [0, 0.1) is 6.92 Å². The number of nitrogens with one attached hydrogen (secondary N) is 1. The molecule has 0 aliphatic rings. The topological polar surface area (TPSA) is 29.9 Å². The summed E-state index contributed by atoms with van der Waals surface area (Å²) in [4.78, 5) is 7.04. The van der Waals surface area contributed by atoms with E-state index in [1.54, 1.807) is 0 Å². The van der Waals surface area contributed by atoms with Gasteiger partial charge in [0.2, 0.25) is 0 Å². The number of hydrogen-bond donors (Lipinski definition) is 1. The molecule has 18 heavy (non-hydrogen) atoms. The van der Waals surface area contributed by atoms with Crippen LogP contribution in [0.3, 0.4) is 0 Å². The summed E-state index contributed by atoms with van der Waals surface area (Å²) in [6, 6.07) is 4.76. The van der Waals surface area contributed by atoms with Crippen LogP contribution in [-0.2, 0) is 6.54 Å². The third kappa shape index (κ3) is 3.00. The Bertz CT molecular complexity index is 487. The van der Waals surface area contributed by atoms with Gasteiger partial charge >= 0.3 is 0 Å². The van der Waals surface area contributed by atoms with E-state index < -0.39 is 0 Å². The van der Waals surface area contributed by atoms with Crippen LogP contribution in [0.2, 0.25) is 0 Å². The summed E-state index contributed by atoms with van der Waals surface area (Å²) in [6.07, 6.45) is 5.05. The lowest BCUT2D eigenvalue weighted by molar-refractivity contribution is 0.580. The Balaban J connectivity index is 2.10. The summed E-state index contributed by atoms with van der Waals surface area (Å²) in [6.45, 7) is 8.51. The molecule has 4 heteroatoms. The molecule has 1 unspecified atom stereocenters. The Kier molecular flexibility index (Phi) is 4.55. The summed E-state index contributed by atoms with van der Waals surface area (Å²) in [7, 11) is 0. The van der Waals surface area contributed by atoms with Gasteiger partial charge in [0.1, 0.15) is 0 Å². The maximum atomic E-state index is 4.28. The summed E-state index contributed by atoms with van der Waals surface area (Å²) in [5.74, 6) is 0. The van der Waals surface area contributed by atoms with Crippen molar-refractivity contribution in [1.29, 1.82) is 0 Å². The molecule has 1 N–H and O–H groups in total. The van der Waals surface area contributed by atoms with Gasteiger partial charge in [-0.05, 0) is 38.9 Å². The second-order valence-electron chi connectivity index (χ2n) is 4.59. The minimum absolute atomic E-state index is 0.365. The zero-order chi connectivity index (χ0) is 13.0. The van der Waals surface area contributed by atoms with E-state index in [0.29, 0.717) is 6.04 Å². The van der Waals surface area contributed by atoms with E-state index in [1.165, 1.54) is 15.4 Å². The number of hydrogen-bond acceptors (Lipinski definition) is 3. The maximum absolute atomic E-state index is 4.28. The van der Waals surface area contributed by atoms with Crippen molar-refractivity contribution in [3.05, 3.63) is 40.1 Å². The van der Waals surface area contributed by atoms with Crippen LogP contribution in [-0.4, -0.2) is 16.1 Å². The molecule has 0 radical (unpaired) electrons. The number of thiophene rings is 1. The first-order valence-electron chi connectivity index (χ1n) is 6.50. The molecule has 0 aliphatic carbocycles. The van der Waals surface area contributed by atoms with E-state index in [4.69, 9.17) is 0 Å². The lowest BCUT2D eigenvalue weighted by Crippen LogP contribution is -2.18. The van der Waals surface area contributed by atoms with Crippen molar-refractivity contribution < 1.29 is 0 Å². The van der Waals surface area contributed by atoms with Crippen LogP contribution in [0.25, 0.3) is 0 Å². The molecular formula is C14H21N3S. The third-order valence-corrected chi connectivity index (χ3v) is 4.24. The average Bonchev–Trinajstić information content (AvgIpc) is 2.97. The monoisotopic (exact) mass is 263 g/mol. The van der Waals surface area contributed by atoms with Gasteiger partial charge in [-0.3, -0.25) is 0 Å². The first-order valence-corrected chi connectivity index (χ1v) is 7.31. The predicted octanol–water partition coefficient (Wildman–Crippen LogP) is 3.36. The molecule has 0 fully saturated rings. The molecule has 0 aromatic carbocycles. The molecule has 0 amide bonds. The summed E-state index contributed by atoms with van der Waals surface area (Å²) in [5.41, 5.74) is 1.25. The van der Waals surface area contributed by atoms with Crippen LogP contribution < -0.4 is 5.32 Å². The van der Waals surface area contributed by atoms with Gasteiger partial charge in [-0.15, -0.1) is 11.3 Å². The first-order chi connectivity index (χ1) is 8.72. The Morgan fingerprint density at radius 2 is 2.28 bits per heavy atom. The molecular weight excluding hydrogens is 242 g/mol. The molecule has 0 spiro atoms. The minimum atomic E-state index is 0.365. The van der Waals surface area contributed by atoms with Crippen molar-refractivity contribution in [2.75, 3.05) is 6.54 Å². The largest absolute Gasteiger partial charge is 0.325 e. The highest BCUT2D eigenvalue weighted by Crippen LogP contribution is 2.26. The molecule has 98 valence electrons. The van der Waals surface area contributed by atoms with Gasteiger partial charge in [0.25, 0.3) is 0 Å². The summed E-state index contributed by atoms with van der Waals surface area (Å²) in [5, 5.41) is 3.43. The average molecular weight is 263 g/mol. The third-order valence-electron chi connectivity index (χ3n) is 3.07. The van der Waals surface area contributed by atoms with Crippen LogP contribution >= 0.6 is 11.3 Å².